The maximum Gasteiger partial charge on any atom is 0.313 e. The Bertz CT molecular complexity index is 930. The number of aromatic amines is 1. The van der Waals surface area contributed by atoms with Gasteiger partial charge in [-0.15, -0.1) is 0 Å². The predicted molar refractivity (Wildman–Crippen MR) is 112 cm³/mol. The number of esters is 1. The molecule has 0 spiro atoms. The van der Waals surface area contributed by atoms with E-state index in [0.29, 0.717) is 18.4 Å². The molecule has 0 unspecified atom stereocenters. The Morgan fingerprint density at radius 1 is 1.14 bits per heavy atom. The molecule has 0 saturated heterocycles. The first kappa shape index (κ1) is 21.1. The van der Waals surface area contributed by atoms with Crippen molar-refractivity contribution in [3.63, 3.8) is 0 Å². The van der Waals surface area contributed by atoms with Crippen LogP contribution in [0.2, 0.25) is 0 Å². The number of para-hydroxylation sites is 1. The number of fused-ring (bicyclic) bond motifs is 1. The highest BCUT2D eigenvalue weighted by Gasteiger charge is 2.44. The number of hydrogen-bond donors (Lipinski definition) is 2. The summed E-state index contributed by atoms with van der Waals surface area (Å²) in [6.07, 6.45) is 3.09. The fraction of sp³-hybridized carbons (Fsp3) is 0.522. The molecule has 1 aromatic heterocycles. The van der Waals surface area contributed by atoms with Crippen LogP contribution >= 0.6 is 0 Å². The van der Waals surface area contributed by atoms with Gasteiger partial charge in [0.05, 0.1) is 5.41 Å². The molecule has 0 bridgehead atoms. The van der Waals surface area contributed by atoms with Gasteiger partial charge in [0.2, 0.25) is 11.7 Å². The van der Waals surface area contributed by atoms with Crippen molar-refractivity contribution >= 4 is 28.6 Å². The molecule has 0 aliphatic heterocycles. The van der Waals surface area contributed by atoms with Crippen molar-refractivity contribution in [2.75, 3.05) is 6.61 Å². The number of carbonyl (C=O) groups excluding carboxylic acids is 3. The highest BCUT2D eigenvalue weighted by atomic mass is 16.5. The molecule has 1 aliphatic rings. The van der Waals surface area contributed by atoms with Crippen molar-refractivity contribution in [3.05, 3.63) is 35.5 Å². The first-order chi connectivity index (χ1) is 13.6. The fourth-order valence-electron chi connectivity index (χ4n) is 4.27. The molecule has 1 aliphatic carbocycles. The smallest absolute Gasteiger partial charge is 0.313 e. The second-order valence-corrected chi connectivity index (χ2v) is 9.13. The third kappa shape index (κ3) is 4.69. The summed E-state index contributed by atoms with van der Waals surface area (Å²) in [5, 5.41) is 3.75. The summed E-state index contributed by atoms with van der Waals surface area (Å²) in [4.78, 5) is 41.4. The molecular weight excluding hydrogens is 368 g/mol. The number of amides is 1. The molecule has 29 heavy (non-hydrogen) atoms. The molecule has 6 heteroatoms. The summed E-state index contributed by atoms with van der Waals surface area (Å²) in [6.45, 7) is 7.25. The monoisotopic (exact) mass is 398 g/mol. The first-order valence-electron chi connectivity index (χ1n) is 10.2. The van der Waals surface area contributed by atoms with E-state index in [4.69, 9.17) is 4.74 Å². The van der Waals surface area contributed by atoms with Crippen LogP contribution in [0, 0.1) is 12.3 Å². The lowest BCUT2D eigenvalue weighted by Gasteiger charge is -2.28. The minimum absolute atomic E-state index is 0.101. The van der Waals surface area contributed by atoms with Crippen LogP contribution in [-0.4, -0.2) is 34.8 Å². The van der Waals surface area contributed by atoms with Crippen LogP contribution in [-0.2, 0) is 14.3 Å². The topological polar surface area (TPSA) is 88.3 Å². The minimum Gasteiger partial charge on any atom is -0.457 e. The van der Waals surface area contributed by atoms with Gasteiger partial charge in [0, 0.05) is 34.1 Å². The third-order valence-corrected chi connectivity index (χ3v) is 5.51. The number of nitrogens with one attached hydrogen (secondary N) is 2. The molecule has 156 valence electrons. The second kappa shape index (κ2) is 8.01. The van der Waals surface area contributed by atoms with Gasteiger partial charge in [0.25, 0.3) is 0 Å². The van der Waals surface area contributed by atoms with E-state index in [1.54, 1.807) is 0 Å². The van der Waals surface area contributed by atoms with E-state index in [9.17, 15) is 14.4 Å². The Morgan fingerprint density at radius 2 is 1.79 bits per heavy atom. The maximum absolute atomic E-state index is 12.9. The van der Waals surface area contributed by atoms with Gasteiger partial charge in [0.1, 0.15) is 0 Å². The number of carbonyl (C=O) groups is 3. The summed E-state index contributed by atoms with van der Waals surface area (Å²) in [7, 11) is 0. The Balaban J connectivity index is 1.70. The molecule has 0 atom stereocenters. The van der Waals surface area contributed by atoms with Crippen molar-refractivity contribution in [1.29, 1.82) is 0 Å². The fourth-order valence-corrected chi connectivity index (χ4v) is 4.27. The second-order valence-electron chi connectivity index (χ2n) is 9.13. The van der Waals surface area contributed by atoms with Gasteiger partial charge < -0.3 is 15.0 Å². The zero-order valence-electron chi connectivity index (χ0n) is 17.7. The average Bonchev–Trinajstić information content (AvgIpc) is 3.21. The predicted octanol–water partition coefficient (Wildman–Crippen LogP) is 4.07. The van der Waals surface area contributed by atoms with Crippen LogP contribution in [0.4, 0.5) is 0 Å². The van der Waals surface area contributed by atoms with Crippen molar-refractivity contribution in [2.45, 2.75) is 65.3 Å². The zero-order valence-corrected chi connectivity index (χ0v) is 17.7. The number of rotatable bonds is 6. The lowest BCUT2D eigenvalue weighted by molar-refractivity contribution is -0.157. The van der Waals surface area contributed by atoms with Crippen LogP contribution in [0.3, 0.4) is 0 Å². The van der Waals surface area contributed by atoms with Crippen LogP contribution in [0.5, 0.6) is 0 Å². The zero-order chi connectivity index (χ0) is 21.2. The number of aryl methyl sites for hydroxylation is 1. The Kier molecular flexibility index (Phi) is 5.82. The van der Waals surface area contributed by atoms with Crippen LogP contribution < -0.4 is 5.32 Å². The SMILES string of the molecule is Cc1[nH]c2ccccc2c1C(=O)COC(=O)C1(CC(=O)NC(C)(C)C)CCCC1. The van der Waals surface area contributed by atoms with Crippen molar-refractivity contribution < 1.29 is 19.1 Å². The molecule has 1 saturated carbocycles. The van der Waals surface area contributed by atoms with Gasteiger partial charge in [-0.05, 0) is 46.6 Å². The molecule has 6 nitrogen and oxygen atoms in total. The molecule has 2 aromatic rings. The average molecular weight is 399 g/mol. The first-order valence-corrected chi connectivity index (χ1v) is 10.2. The third-order valence-electron chi connectivity index (χ3n) is 5.51. The van der Waals surface area contributed by atoms with E-state index in [1.807, 2.05) is 52.0 Å². The van der Waals surface area contributed by atoms with Gasteiger partial charge >= 0.3 is 5.97 Å². The summed E-state index contributed by atoms with van der Waals surface area (Å²) in [6, 6.07) is 7.56. The Morgan fingerprint density at radius 3 is 2.45 bits per heavy atom. The van der Waals surface area contributed by atoms with E-state index < -0.39 is 11.4 Å². The molecular formula is C23H30N2O4. The van der Waals surface area contributed by atoms with E-state index in [0.717, 1.165) is 29.4 Å². The number of ether oxygens (including phenoxy) is 1. The molecule has 1 aromatic carbocycles. The van der Waals surface area contributed by atoms with Gasteiger partial charge in [-0.2, -0.15) is 0 Å². The van der Waals surface area contributed by atoms with Crippen molar-refractivity contribution in [3.8, 4) is 0 Å². The molecule has 1 amide bonds. The lowest BCUT2D eigenvalue weighted by Crippen LogP contribution is -2.44. The van der Waals surface area contributed by atoms with Gasteiger partial charge in [-0.3, -0.25) is 14.4 Å². The maximum atomic E-state index is 12.9. The number of benzene rings is 1. The van der Waals surface area contributed by atoms with Crippen molar-refractivity contribution in [2.24, 2.45) is 5.41 Å². The molecule has 0 radical (unpaired) electrons. The Labute approximate surface area is 171 Å². The number of hydrogen-bond acceptors (Lipinski definition) is 4. The largest absolute Gasteiger partial charge is 0.457 e. The quantitative estimate of drug-likeness (QED) is 0.567. The minimum atomic E-state index is -0.828. The molecule has 1 heterocycles. The number of H-pyrrole nitrogens is 1. The van der Waals surface area contributed by atoms with Crippen LogP contribution in [0.1, 0.15) is 68.9 Å². The van der Waals surface area contributed by atoms with Crippen molar-refractivity contribution in [1.82, 2.24) is 10.3 Å². The number of ketones is 1. The number of aromatic nitrogens is 1. The van der Waals surface area contributed by atoms with Gasteiger partial charge in [-0.1, -0.05) is 31.0 Å². The van der Waals surface area contributed by atoms with Gasteiger partial charge in [0.15, 0.2) is 6.61 Å². The summed E-state index contributed by atoms with van der Waals surface area (Å²) in [5.74, 6) is -0.833. The highest BCUT2D eigenvalue weighted by Crippen LogP contribution is 2.42. The number of Topliss-reactive ketones (excluding diaryl/α,β-unsaturated/α-hetero) is 1. The highest BCUT2D eigenvalue weighted by molar-refractivity contribution is 6.10. The van der Waals surface area contributed by atoms with E-state index in [2.05, 4.69) is 10.3 Å². The summed E-state index contributed by atoms with van der Waals surface area (Å²) in [5.41, 5.74) is 1.01. The molecule has 1 fully saturated rings. The van der Waals surface area contributed by atoms with E-state index in [1.165, 1.54) is 0 Å². The molecule has 3 rings (SSSR count). The standard InChI is InChI=1S/C23H30N2O4/c1-15-20(16-9-5-6-10-17(16)24-15)18(26)14-29-21(28)23(11-7-8-12-23)13-19(27)25-22(2,3)4/h5-6,9-10,24H,7-8,11-14H2,1-4H3,(H,25,27). The summed E-state index contributed by atoms with van der Waals surface area (Å²) >= 11 is 0. The van der Waals surface area contributed by atoms with Crippen LogP contribution in [0.15, 0.2) is 24.3 Å². The summed E-state index contributed by atoms with van der Waals surface area (Å²) < 4.78 is 5.47. The van der Waals surface area contributed by atoms with Crippen LogP contribution in [0.25, 0.3) is 10.9 Å². The van der Waals surface area contributed by atoms with E-state index >= 15 is 0 Å². The lowest BCUT2D eigenvalue weighted by atomic mass is 9.82. The normalized spacial score (nSPS) is 16.0. The Hall–Kier alpha value is -2.63. The molecule has 2 N–H and O–H groups in total. The van der Waals surface area contributed by atoms with E-state index in [-0.39, 0.29) is 30.3 Å². The van der Waals surface area contributed by atoms with Gasteiger partial charge in [-0.25, -0.2) is 0 Å².